The Bertz CT molecular complexity index is 1410. The van der Waals surface area contributed by atoms with Gasteiger partial charge in [0.25, 0.3) is 5.91 Å². The molecule has 2 aromatic carbocycles. The van der Waals surface area contributed by atoms with Crippen LogP contribution in [0.25, 0.3) is 10.9 Å². The fourth-order valence-corrected chi connectivity index (χ4v) is 5.35. The molecule has 2 amide bonds. The predicted octanol–water partition coefficient (Wildman–Crippen LogP) is 5.48. The number of para-hydroxylation sites is 1. The number of hydrogen-bond acceptors (Lipinski definition) is 3. The molecule has 0 fully saturated rings. The smallest absolute Gasteiger partial charge is 0.255 e. The monoisotopic (exact) mass is 466 g/mol. The number of aromatic nitrogens is 2. The molecular weight excluding hydrogens is 436 g/mol. The molecule has 0 saturated heterocycles. The molecule has 1 aliphatic heterocycles. The summed E-state index contributed by atoms with van der Waals surface area (Å²) in [6, 6.07) is 18.6. The standard InChI is InChI=1S/C29H30N4O2/c1-5-18(2)26(28(34)31-20-11-10-16-30-17-20)33-27(21-12-6-7-13-22(21)29(33)35)25-19(3)32(4)24-15-9-8-14-23(24)25/h6-18,26-27H,5H2,1-4H3,(H,31,34). The third kappa shape index (κ3) is 3.70. The van der Waals surface area contributed by atoms with Gasteiger partial charge in [-0.25, -0.2) is 0 Å². The van der Waals surface area contributed by atoms with E-state index in [-0.39, 0.29) is 23.8 Å². The maximum Gasteiger partial charge on any atom is 0.255 e. The average molecular weight is 467 g/mol. The van der Waals surface area contributed by atoms with Gasteiger partial charge in [0.05, 0.1) is 17.9 Å². The van der Waals surface area contributed by atoms with Crippen LogP contribution in [0.4, 0.5) is 5.69 Å². The van der Waals surface area contributed by atoms with Gasteiger partial charge in [0.1, 0.15) is 6.04 Å². The molecule has 3 unspecified atom stereocenters. The first-order valence-electron chi connectivity index (χ1n) is 12.1. The van der Waals surface area contributed by atoms with E-state index >= 15 is 0 Å². The lowest BCUT2D eigenvalue weighted by Gasteiger charge is -2.36. The number of amides is 2. The van der Waals surface area contributed by atoms with Crippen molar-refractivity contribution in [3.8, 4) is 0 Å². The SMILES string of the molecule is CCC(C)C(C(=O)Nc1cccnc1)N1C(=O)c2ccccc2C1c1c(C)n(C)c2ccccc12. The second-order valence-electron chi connectivity index (χ2n) is 9.34. The van der Waals surface area contributed by atoms with Crippen LogP contribution < -0.4 is 5.32 Å². The lowest BCUT2D eigenvalue weighted by Crippen LogP contribution is -2.50. The molecule has 35 heavy (non-hydrogen) atoms. The predicted molar refractivity (Wildman–Crippen MR) is 138 cm³/mol. The Labute approximate surface area is 205 Å². The number of carbonyl (C=O) groups excluding carboxylic acids is 2. The highest BCUT2D eigenvalue weighted by Gasteiger charge is 2.46. The van der Waals surface area contributed by atoms with Gasteiger partial charge in [-0.2, -0.15) is 0 Å². The van der Waals surface area contributed by atoms with E-state index in [0.29, 0.717) is 11.3 Å². The summed E-state index contributed by atoms with van der Waals surface area (Å²) in [6.07, 6.45) is 4.05. The van der Waals surface area contributed by atoms with Gasteiger partial charge in [-0.05, 0) is 42.7 Å². The number of nitrogens with zero attached hydrogens (tertiary/aromatic N) is 3. The van der Waals surface area contributed by atoms with Gasteiger partial charge in [-0.1, -0.05) is 56.7 Å². The van der Waals surface area contributed by atoms with Gasteiger partial charge in [0, 0.05) is 41.0 Å². The molecule has 4 aromatic rings. The molecule has 178 valence electrons. The van der Waals surface area contributed by atoms with Crippen molar-refractivity contribution in [2.75, 3.05) is 5.32 Å². The first-order chi connectivity index (χ1) is 16.9. The normalized spacial score (nSPS) is 16.9. The molecule has 0 aliphatic carbocycles. The first-order valence-corrected chi connectivity index (χ1v) is 12.1. The summed E-state index contributed by atoms with van der Waals surface area (Å²) in [5, 5.41) is 4.11. The fourth-order valence-electron chi connectivity index (χ4n) is 5.35. The topological polar surface area (TPSA) is 67.2 Å². The average Bonchev–Trinajstić information content (AvgIpc) is 3.30. The van der Waals surface area contributed by atoms with Crippen LogP contribution in [0.2, 0.25) is 0 Å². The maximum atomic E-state index is 14.0. The van der Waals surface area contributed by atoms with Crippen molar-refractivity contribution in [3.63, 3.8) is 0 Å². The van der Waals surface area contributed by atoms with E-state index in [1.54, 1.807) is 18.5 Å². The van der Waals surface area contributed by atoms with Gasteiger partial charge >= 0.3 is 0 Å². The van der Waals surface area contributed by atoms with Gasteiger partial charge in [0.2, 0.25) is 5.91 Å². The fraction of sp³-hybridized carbons (Fsp3) is 0.276. The third-order valence-corrected chi connectivity index (χ3v) is 7.40. The number of pyridine rings is 1. The van der Waals surface area contributed by atoms with Crippen molar-refractivity contribution in [2.24, 2.45) is 13.0 Å². The highest BCUT2D eigenvalue weighted by atomic mass is 16.2. The van der Waals surface area contributed by atoms with Crippen LogP contribution in [-0.4, -0.2) is 32.3 Å². The Morgan fingerprint density at radius 2 is 1.83 bits per heavy atom. The Hall–Kier alpha value is -3.93. The van der Waals surface area contributed by atoms with Gasteiger partial charge in [0.15, 0.2) is 0 Å². The van der Waals surface area contributed by atoms with Crippen LogP contribution in [0, 0.1) is 12.8 Å². The zero-order chi connectivity index (χ0) is 24.7. The zero-order valence-electron chi connectivity index (χ0n) is 20.5. The van der Waals surface area contributed by atoms with Crippen LogP contribution in [0.5, 0.6) is 0 Å². The molecule has 0 spiro atoms. The molecule has 0 radical (unpaired) electrons. The number of aryl methyl sites for hydroxylation is 1. The van der Waals surface area contributed by atoms with Gasteiger partial charge < -0.3 is 14.8 Å². The Morgan fingerprint density at radius 3 is 2.57 bits per heavy atom. The number of fused-ring (bicyclic) bond motifs is 2. The number of anilines is 1. The molecule has 5 rings (SSSR count). The largest absolute Gasteiger partial charge is 0.348 e. The Balaban J connectivity index is 1.69. The first kappa shape index (κ1) is 22.8. The van der Waals surface area contributed by atoms with Crippen molar-refractivity contribution >= 4 is 28.4 Å². The summed E-state index contributed by atoms with van der Waals surface area (Å²) in [5.74, 6) is -0.358. The van der Waals surface area contributed by atoms with Gasteiger partial charge in [-0.3, -0.25) is 14.6 Å². The van der Waals surface area contributed by atoms with E-state index in [1.165, 1.54) is 0 Å². The molecule has 3 atom stereocenters. The lowest BCUT2D eigenvalue weighted by molar-refractivity contribution is -0.122. The van der Waals surface area contributed by atoms with Crippen LogP contribution in [0.1, 0.15) is 53.5 Å². The molecule has 0 bridgehead atoms. The summed E-state index contributed by atoms with van der Waals surface area (Å²) in [4.78, 5) is 33.7. The lowest BCUT2D eigenvalue weighted by atomic mass is 9.91. The van der Waals surface area contributed by atoms with E-state index in [4.69, 9.17) is 0 Å². The quantitative estimate of drug-likeness (QED) is 0.409. The van der Waals surface area contributed by atoms with Gasteiger partial charge in [-0.15, -0.1) is 0 Å². The molecule has 6 nitrogen and oxygen atoms in total. The van der Waals surface area contributed by atoms with Crippen molar-refractivity contribution in [1.82, 2.24) is 14.5 Å². The van der Waals surface area contributed by atoms with Crippen molar-refractivity contribution in [1.29, 1.82) is 0 Å². The molecule has 3 heterocycles. The summed E-state index contributed by atoms with van der Waals surface area (Å²) in [5.41, 5.74) is 5.49. The minimum Gasteiger partial charge on any atom is -0.348 e. The summed E-state index contributed by atoms with van der Waals surface area (Å²) < 4.78 is 2.17. The minimum atomic E-state index is -0.650. The molecule has 1 aliphatic rings. The Kier molecular flexibility index (Phi) is 5.89. The van der Waals surface area contributed by atoms with E-state index in [9.17, 15) is 9.59 Å². The van der Waals surface area contributed by atoms with E-state index in [1.807, 2.05) is 54.3 Å². The maximum absolute atomic E-state index is 14.0. The second kappa shape index (κ2) is 9.02. The number of benzene rings is 2. The minimum absolute atomic E-state index is 0.0530. The number of rotatable bonds is 6. The molecule has 2 aromatic heterocycles. The number of hydrogen-bond donors (Lipinski definition) is 1. The van der Waals surface area contributed by atoms with E-state index in [0.717, 1.165) is 34.1 Å². The highest BCUT2D eigenvalue weighted by Crippen LogP contribution is 2.45. The van der Waals surface area contributed by atoms with Crippen LogP contribution >= 0.6 is 0 Å². The summed E-state index contributed by atoms with van der Waals surface area (Å²) in [6.45, 7) is 6.19. The van der Waals surface area contributed by atoms with Crippen molar-refractivity contribution in [2.45, 2.75) is 39.3 Å². The van der Waals surface area contributed by atoms with Crippen molar-refractivity contribution < 1.29 is 9.59 Å². The highest BCUT2D eigenvalue weighted by molar-refractivity contribution is 6.05. The van der Waals surface area contributed by atoms with Crippen LogP contribution in [0.3, 0.4) is 0 Å². The van der Waals surface area contributed by atoms with Crippen LogP contribution in [-0.2, 0) is 11.8 Å². The Morgan fingerprint density at radius 1 is 1.09 bits per heavy atom. The van der Waals surface area contributed by atoms with Crippen LogP contribution in [0.15, 0.2) is 73.1 Å². The number of nitrogens with one attached hydrogen (secondary N) is 1. The summed E-state index contributed by atoms with van der Waals surface area (Å²) in [7, 11) is 2.05. The number of carbonyl (C=O) groups is 2. The molecule has 1 N–H and O–H groups in total. The molecule has 6 heteroatoms. The van der Waals surface area contributed by atoms with Crippen molar-refractivity contribution in [3.05, 3.63) is 95.4 Å². The van der Waals surface area contributed by atoms with E-state index < -0.39 is 6.04 Å². The zero-order valence-corrected chi connectivity index (χ0v) is 20.5. The van der Waals surface area contributed by atoms with E-state index in [2.05, 4.69) is 47.9 Å². The second-order valence-corrected chi connectivity index (χ2v) is 9.34. The summed E-state index contributed by atoms with van der Waals surface area (Å²) >= 11 is 0. The third-order valence-electron chi connectivity index (χ3n) is 7.40. The molecular formula is C29H30N4O2. The molecule has 0 saturated carbocycles.